The van der Waals surface area contributed by atoms with Gasteiger partial charge in [0, 0.05) is 25.8 Å². The second kappa shape index (κ2) is 47.5. The summed E-state index contributed by atoms with van der Waals surface area (Å²) in [7, 11) is 0. The van der Waals surface area contributed by atoms with E-state index in [-0.39, 0.29) is 44.5 Å². The van der Waals surface area contributed by atoms with Crippen LogP contribution in [0.25, 0.3) is 0 Å². The third-order valence-corrected chi connectivity index (χ3v) is 13.8. The molecule has 2 unspecified atom stereocenters. The lowest BCUT2D eigenvalue weighted by Gasteiger charge is -2.40. The van der Waals surface area contributed by atoms with Gasteiger partial charge < -0.3 is 39.6 Å². The molecule has 1 heterocycles. The minimum absolute atomic E-state index is 0.0730. The number of carbonyl (C=O) groups is 3. The Labute approximate surface area is 417 Å². The maximum Gasteiger partial charge on any atom is 0.306 e. The summed E-state index contributed by atoms with van der Waals surface area (Å²) >= 11 is 0. The van der Waals surface area contributed by atoms with Crippen molar-refractivity contribution in [2.75, 3.05) is 19.8 Å². The lowest BCUT2D eigenvalue weighted by molar-refractivity contribution is -0.299. The number of aliphatic hydroxyl groups is 3. The summed E-state index contributed by atoms with van der Waals surface area (Å²) in [5, 5.41) is 35.0. The Kier molecular flexibility index (Phi) is 44.9. The van der Waals surface area contributed by atoms with Gasteiger partial charge in [-0.1, -0.05) is 252 Å². The molecule has 11 nitrogen and oxygen atoms in total. The minimum Gasteiger partial charge on any atom is -0.462 e. The number of aliphatic hydroxyl groups excluding tert-OH is 3. The van der Waals surface area contributed by atoms with Crippen LogP contribution in [0.2, 0.25) is 0 Å². The molecule has 0 aliphatic carbocycles. The smallest absolute Gasteiger partial charge is 0.306 e. The van der Waals surface area contributed by atoms with E-state index < -0.39 is 42.8 Å². The summed E-state index contributed by atoms with van der Waals surface area (Å²) in [5.41, 5.74) is 0. The maximum atomic E-state index is 13.0. The third kappa shape index (κ3) is 38.0. The van der Waals surface area contributed by atoms with Crippen LogP contribution in [0, 0.1) is 0 Å². The maximum absolute atomic E-state index is 13.0. The third-order valence-electron chi connectivity index (χ3n) is 13.8. The number of unbranched alkanes of at least 4 members (excludes halogenated alkanes) is 36. The molecular formula is C57H109NO10. The number of nitrogens with one attached hydrogen (secondary N) is 1. The van der Waals surface area contributed by atoms with Crippen LogP contribution in [0.3, 0.4) is 0 Å². The van der Waals surface area contributed by atoms with Gasteiger partial charge in [0.15, 0.2) is 12.4 Å². The Balaban J connectivity index is 2.52. The first-order valence-electron chi connectivity index (χ1n) is 29.2. The first kappa shape index (κ1) is 64.2. The van der Waals surface area contributed by atoms with Gasteiger partial charge in [-0.05, 0) is 19.3 Å². The van der Waals surface area contributed by atoms with Crippen LogP contribution >= 0.6 is 0 Å². The van der Waals surface area contributed by atoms with Gasteiger partial charge in [0.05, 0.1) is 6.61 Å². The molecule has 0 radical (unpaired) electrons. The second-order valence-corrected chi connectivity index (χ2v) is 20.4. The predicted octanol–water partition coefficient (Wildman–Crippen LogP) is 13.8. The van der Waals surface area contributed by atoms with Crippen molar-refractivity contribution in [2.45, 2.75) is 327 Å². The van der Waals surface area contributed by atoms with Crippen molar-refractivity contribution >= 4 is 17.8 Å². The molecular weight excluding hydrogens is 859 g/mol. The highest BCUT2D eigenvalue weighted by molar-refractivity contribution is 5.75. The minimum atomic E-state index is -1.59. The SMILES string of the molecule is CCCCCCCCCCCCCCCC(=O)NCC1O[C@H](OC[C@@H](COC(=O)CCCCCCCCCCCCCCC)OC(=O)CCCCCCCCCCCCCCC)C(O)[C@@H](O)[C@@H]1O. The lowest BCUT2D eigenvalue weighted by Crippen LogP contribution is -2.60. The molecule has 1 aliphatic heterocycles. The molecule has 11 heteroatoms. The molecule has 0 aromatic heterocycles. The number of hydrogen-bond donors (Lipinski definition) is 4. The number of esters is 2. The second-order valence-electron chi connectivity index (χ2n) is 20.4. The molecule has 1 saturated heterocycles. The van der Waals surface area contributed by atoms with Crippen LogP contribution in [-0.2, 0) is 33.3 Å². The van der Waals surface area contributed by atoms with E-state index in [0.717, 1.165) is 57.8 Å². The van der Waals surface area contributed by atoms with Crippen molar-refractivity contribution in [1.82, 2.24) is 5.32 Å². The van der Waals surface area contributed by atoms with Gasteiger partial charge in [0.25, 0.3) is 0 Å². The molecule has 0 aromatic carbocycles. The molecule has 1 aliphatic rings. The Morgan fingerprint density at radius 1 is 0.426 bits per heavy atom. The van der Waals surface area contributed by atoms with Gasteiger partial charge in [-0.3, -0.25) is 14.4 Å². The van der Waals surface area contributed by atoms with Crippen LogP contribution in [0.1, 0.15) is 290 Å². The van der Waals surface area contributed by atoms with Crippen LogP contribution in [0.15, 0.2) is 0 Å². The van der Waals surface area contributed by atoms with Crippen molar-refractivity contribution in [3.63, 3.8) is 0 Å². The first-order valence-corrected chi connectivity index (χ1v) is 29.2. The highest BCUT2D eigenvalue weighted by atomic mass is 16.7. The fraction of sp³-hybridized carbons (Fsp3) is 0.947. The molecule has 4 N–H and O–H groups in total. The van der Waals surface area contributed by atoms with Crippen molar-refractivity contribution in [1.29, 1.82) is 0 Å². The lowest BCUT2D eigenvalue weighted by atomic mass is 9.98. The molecule has 0 saturated carbocycles. The van der Waals surface area contributed by atoms with Gasteiger partial charge >= 0.3 is 11.9 Å². The Morgan fingerprint density at radius 3 is 1.15 bits per heavy atom. The van der Waals surface area contributed by atoms with Crippen molar-refractivity contribution in [3.8, 4) is 0 Å². The van der Waals surface area contributed by atoms with E-state index in [9.17, 15) is 29.7 Å². The average Bonchev–Trinajstić information content (AvgIpc) is 3.33. The number of amides is 1. The molecule has 6 atom stereocenters. The fourth-order valence-electron chi connectivity index (χ4n) is 9.22. The number of rotatable bonds is 50. The molecule has 0 aromatic rings. The zero-order valence-electron chi connectivity index (χ0n) is 44.5. The Bertz CT molecular complexity index is 1140. The average molecular weight is 968 g/mol. The largest absolute Gasteiger partial charge is 0.462 e. The summed E-state index contributed by atoms with van der Waals surface area (Å²) in [6, 6.07) is 0. The zero-order chi connectivity index (χ0) is 49.6. The number of carbonyl (C=O) groups excluding carboxylic acids is 3. The summed E-state index contributed by atoms with van der Waals surface area (Å²) in [6.45, 7) is 6.20. The molecule has 1 fully saturated rings. The monoisotopic (exact) mass is 968 g/mol. The van der Waals surface area contributed by atoms with Gasteiger partial charge in [-0.15, -0.1) is 0 Å². The van der Waals surface area contributed by atoms with Crippen molar-refractivity contribution < 1.29 is 48.7 Å². The normalized spacial score (nSPS) is 18.7. The first-order chi connectivity index (χ1) is 33.2. The molecule has 0 spiro atoms. The van der Waals surface area contributed by atoms with Crippen LogP contribution in [0.4, 0.5) is 0 Å². The van der Waals surface area contributed by atoms with Crippen LogP contribution in [0.5, 0.6) is 0 Å². The predicted molar refractivity (Wildman–Crippen MR) is 277 cm³/mol. The van der Waals surface area contributed by atoms with E-state index in [4.69, 9.17) is 18.9 Å². The number of hydrogen-bond acceptors (Lipinski definition) is 10. The molecule has 402 valence electrons. The van der Waals surface area contributed by atoms with Crippen LogP contribution in [-0.4, -0.2) is 89.7 Å². The fourth-order valence-corrected chi connectivity index (χ4v) is 9.22. The topological polar surface area (TPSA) is 161 Å². The number of ether oxygens (including phenoxy) is 4. The molecule has 0 bridgehead atoms. The molecule has 1 rings (SSSR count). The van der Waals surface area contributed by atoms with Gasteiger partial charge in [0.1, 0.15) is 31.0 Å². The highest BCUT2D eigenvalue weighted by Crippen LogP contribution is 2.23. The van der Waals surface area contributed by atoms with Crippen LogP contribution < -0.4 is 5.32 Å². The van der Waals surface area contributed by atoms with Gasteiger partial charge in [-0.2, -0.15) is 0 Å². The van der Waals surface area contributed by atoms with E-state index in [0.29, 0.717) is 12.8 Å². The van der Waals surface area contributed by atoms with E-state index >= 15 is 0 Å². The summed E-state index contributed by atoms with van der Waals surface area (Å²) in [4.78, 5) is 38.5. The van der Waals surface area contributed by atoms with Gasteiger partial charge in [-0.25, -0.2) is 0 Å². The summed E-state index contributed by atoms with van der Waals surface area (Å²) in [5.74, 6) is -0.954. The van der Waals surface area contributed by atoms with E-state index in [1.807, 2.05) is 0 Å². The quantitative estimate of drug-likeness (QED) is 0.0341. The van der Waals surface area contributed by atoms with E-state index in [2.05, 4.69) is 26.1 Å². The van der Waals surface area contributed by atoms with Gasteiger partial charge in [0.2, 0.25) is 5.91 Å². The zero-order valence-corrected chi connectivity index (χ0v) is 44.5. The van der Waals surface area contributed by atoms with Crippen molar-refractivity contribution in [2.24, 2.45) is 0 Å². The Morgan fingerprint density at radius 2 is 0.765 bits per heavy atom. The Hall–Kier alpha value is -1.79. The highest BCUT2D eigenvalue weighted by Gasteiger charge is 2.44. The van der Waals surface area contributed by atoms with E-state index in [1.165, 1.54) is 186 Å². The molecule has 68 heavy (non-hydrogen) atoms. The summed E-state index contributed by atoms with van der Waals surface area (Å²) < 4.78 is 23.1. The van der Waals surface area contributed by atoms with Crippen molar-refractivity contribution in [3.05, 3.63) is 0 Å². The van der Waals surface area contributed by atoms with E-state index in [1.54, 1.807) is 0 Å². The summed E-state index contributed by atoms with van der Waals surface area (Å²) in [6.07, 6.45) is 40.2. The standard InChI is InChI=1S/C57H109NO10/c1-4-7-10-13-16-19-22-25-28-31-34-37-40-43-51(59)58-46-50-54(62)55(63)56(64)57(68-50)66-48-49(67-53(61)45-42-39-36-33-30-27-24-21-18-15-12-9-6-3)47-65-52(60)44-41-38-35-32-29-26-23-20-17-14-11-8-5-2/h49-50,54-57,62-64H,4-48H2,1-3H3,(H,58,59)/t49-,50?,54-,55+,56?,57+/m1/s1. The molecule has 1 amide bonds.